The van der Waals surface area contributed by atoms with Crippen molar-refractivity contribution in [1.82, 2.24) is 5.32 Å². The van der Waals surface area contributed by atoms with Gasteiger partial charge in [0.25, 0.3) is 0 Å². The van der Waals surface area contributed by atoms with Crippen LogP contribution in [0.5, 0.6) is 0 Å². The predicted octanol–water partition coefficient (Wildman–Crippen LogP) is 3.39. The van der Waals surface area contributed by atoms with Gasteiger partial charge in [0.2, 0.25) is 0 Å². The Balaban J connectivity index is 1.64. The summed E-state index contributed by atoms with van der Waals surface area (Å²) < 4.78 is 0. The summed E-state index contributed by atoms with van der Waals surface area (Å²) in [5.41, 5.74) is 3.99. The summed E-state index contributed by atoms with van der Waals surface area (Å²) in [5.74, 6) is 2.44. The average molecular weight is 298 g/mol. The highest BCUT2D eigenvalue weighted by Crippen LogP contribution is 2.19. The molecule has 1 fully saturated rings. The van der Waals surface area contributed by atoms with Gasteiger partial charge in [-0.25, -0.2) is 0 Å². The van der Waals surface area contributed by atoms with Crippen LogP contribution < -0.4 is 10.6 Å². The van der Waals surface area contributed by atoms with Gasteiger partial charge in [0.1, 0.15) is 0 Å². The first-order valence-corrected chi connectivity index (χ1v) is 8.74. The molecule has 0 amide bonds. The molecule has 2 N–H and O–H groups in total. The molecule has 1 aliphatic rings. The molecule has 1 atom stereocenters. The first-order chi connectivity index (χ1) is 10.4. The van der Waals surface area contributed by atoms with Crippen LogP contribution in [0.25, 0.3) is 0 Å². The molecule has 1 aliphatic heterocycles. The molecule has 2 aromatic carbocycles. The van der Waals surface area contributed by atoms with Gasteiger partial charge in [0.15, 0.2) is 0 Å². The van der Waals surface area contributed by atoms with Crippen molar-refractivity contribution in [1.29, 1.82) is 0 Å². The van der Waals surface area contributed by atoms with Gasteiger partial charge in [0, 0.05) is 36.3 Å². The van der Waals surface area contributed by atoms with Crippen molar-refractivity contribution in [2.24, 2.45) is 0 Å². The number of hydrogen-bond donors (Lipinski definition) is 2. The summed E-state index contributed by atoms with van der Waals surface area (Å²) in [4.78, 5) is 0. The topological polar surface area (TPSA) is 24.1 Å². The molecule has 0 bridgehead atoms. The van der Waals surface area contributed by atoms with Gasteiger partial charge >= 0.3 is 0 Å². The van der Waals surface area contributed by atoms with E-state index in [2.05, 4.69) is 65.2 Å². The minimum atomic E-state index is 0.577. The maximum absolute atomic E-state index is 3.63. The van der Waals surface area contributed by atoms with Crippen LogP contribution in [0.4, 0.5) is 5.69 Å². The molecular formula is C18H22N2S. The zero-order valence-electron chi connectivity index (χ0n) is 12.2. The van der Waals surface area contributed by atoms with E-state index in [1.54, 1.807) is 0 Å². The van der Waals surface area contributed by atoms with Crippen molar-refractivity contribution in [2.45, 2.75) is 12.5 Å². The monoisotopic (exact) mass is 298 g/mol. The maximum atomic E-state index is 3.63. The Hall–Kier alpha value is -1.45. The van der Waals surface area contributed by atoms with Gasteiger partial charge in [0.05, 0.1) is 0 Å². The van der Waals surface area contributed by atoms with E-state index in [0.29, 0.717) is 6.04 Å². The van der Waals surface area contributed by atoms with E-state index in [0.717, 1.165) is 19.5 Å². The Morgan fingerprint density at radius 2 is 1.86 bits per heavy atom. The molecule has 110 valence electrons. The number of para-hydroxylation sites is 1. The van der Waals surface area contributed by atoms with Crippen molar-refractivity contribution in [2.75, 3.05) is 29.9 Å². The van der Waals surface area contributed by atoms with E-state index in [1.807, 2.05) is 11.8 Å². The van der Waals surface area contributed by atoms with Crippen molar-refractivity contribution >= 4 is 17.4 Å². The third-order valence-corrected chi connectivity index (χ3v) is 4.92. The number of rotatable bonds is 5. The summed E-state index contributed by atoms with van der Waals surface area (Å²) in [6.07, 6.45) is 0.983. The lowest BCUT2D eigenvalue weighted by molar-refractivity contribution is 0.587. The van der Waals surface area contributed by atoms with E-state index in [1.165, 1.54) is 28.3 Å². The molecule has 2 nitrogen and oxygen atoms in total. The Bertz CT molecular complexity index is 550. The minimum Gasteiger partial charge on any atom is -0.383 e. The van der Waals surface area contributed by atoms with Crippen LogP contribution in [0.15, 0.2) is 54.6 Å². The number of anilines is 1. The second kappa shape index (κ2) is 7.53. The lowest BCUT2D eigenvalue weighted by Crippen LogP contribution is -2.42. The molecule has 0 aliphatic carbocycles. The standard InChI is InChI=1S/C18H22N2S/c1-2-6-15(7-3-1)12-16-8-4-5-9-18(16)20-13-17-14-21-11-10-19-17/h1-9,17,19-20H,10-14H2. The Labute approximate surface area is 131 Å². The van der Waals surface area contributed by atoms with Crippen LogP contribution in [0.1, 0.15) is 11.1 Å². The zero-order chi connectivity index (χ0) is 14.3. The fourth-order valence-electron chi connectivity index (χ4n) is 2.65. The van der Waals surface area contributed by atoms with Gasteiger partial charge in [-0.1, -0.05) is 48.5 Å². The van der Waals surface area contributed by atoms with Crippen LogP contribution in [-0.2, 0) is 6.42 Å². The SMILES string of the molecule is c1ccc(Cc2ccccc2NCC2CSCCN2)cc1. The molecule has 2 aromatic rings. The zero-order valence-corrected chi connectivity index (χ0v) is 13.0. The van der Waals surface area contributed by atoms with Crippen LogP contribution in [0.3, 0.4) is 0 Å². The Morgan fingerprint density at radius 1 is 1.05 bits per heavy atom. The van der Waals surface area contributed by atoms with Crippen LogP contribution in [0.2, 0.25) is 0 Å². The van der Waals surface area contributed by atoms with Gasteiger partial charge in [-0.15, -0.1) is 0 Å². The van der Waals surface area contributed by atoms with E-state index < -0.39 is 0 Å². The summed E-state index contributed by atoms with van der Waals surface area (Å²) >= 11 is 2.04. The van der Waals surface area contributed by atoms with Gasteiger partial charge in [-0.05, 0) is 23.6 Å². The predicted molar refractivity (Wildman–Crippen MR) is 93.3 cm³/mol. The second-order valence-electron chi connectivity index (χ2n) is 5.43. The van der Waals surface area contributed by atoms with Crippen molar-refractivity contribution in [3.05, 3.63) is 65.7 Å². The number of benzene rings is 2. The van der Waals surface area contributed by atoms with Crippen LogP contribution >= 0.6 is 11.8 Å². The lowest BCUT2D eigenvalue weighted by Gasteiger charge is -2.24. The average Bonchev–Trinajstić information content (AvgIpc) is 2.56. The summed E-state index contributed by atoms with van der Waals surface area (Å²) in [6.45, 7) is 2.13. The first kappa shape index (κ1) is 14.5. The van der Waals surface area contributed by atoms with Gasteiger partial charge < -0.3 is 10.6 Å². The summed E-state index contributed by atoms with van der Waals surface area (Å²) in [7, 11) is 0. The Kier molecular flexibility index (Phi) is 5.19. The molecule has 1 saturated heterocycles. The molecule has 3 rings (SSSR count). The molecule has 0 aromatic heterocycles. The largest absolute Gasteiger partial charge is 0.383 e. The normalized spacial score (nSPS) is 18.4. The van der Waals surface area contributed by atoms with Gasteiger partial charge in [-0.3, -0.25) is 0 Å². The minimum absolute atomic E-state index is 0.577. The second-order valence-corrected chi connectivity index (χ2v) is 6.58. The molecule has 0 spiro atoms. The van der Waals surface area contributed by atoms with Crippen LogP contribution in [0, 0.1) is 0 Å². The highest BCUT2D eigenvalue weighted by atomic mass is 32.2. The lowest BCUT2D eigenvalue weighted by atomic mass is 10.0. The highest BCUT2D eigenvalue weighted by Gasteiger charge is 2.12. The van der Waals surface area contributed by atoms with E-state index in [4.69, 9.17) is 0 Å². The number of hydrogen-bond acceptors (Lipinski definition) is 3. The van der Waals surface area contributed by atoms with Gasteiger partial charge in [-0.2, -0.15) is 11.8 Å². The third kappa shape index (κ3) is 4.26. The maximum Gasteiger partial charge on any atom is 0.0376 e. The highest BCUT2D eigenvalue weighted by molar-refractivity contribution is 7.99. The fourth-order valence-corrected chi connectivity index (χ4v) is 3.60. The smallest absolute Gasteiger partial charge is 0.0376 e. The summed E-state index contributed by atoms with van der Waals surface area (Å²) in [6, 6.07) is 19.9. The van der Waals surface area contributed by atoms with E-state index >= 15 is 0 Å². The molecule has 1 unspecified atom stereocenters. The van der Waals surface area contributed by atoms with Crippen molar-refractivity contribution in [3.8, 4) is 0 Å². The third-order valence-electron chi connectivity index (χ3n) is 3.79. The van der Waals surface area contributed by atoms with Crippen molar-refractivity contribution < 1.29 is 0 Å². The fraction of sp³-hybridized carbons (Fsp3) is 0.333. The molecule has 0 radical (unpaired) electrons. The van der Waals surface area contributed by atoms with Crippen molar-refractivity contribution in [3.63, 3.8) is 0 Å². The first-order valence-electron chi connectivity index (χ1n) is 7.58. The van der Waals surface area contributed by atoms with E-state index in [-0.39, 0.29) is 0 Å². The molecule has 1 heterocycles. The Morgan fingerprint density at radius 3 is 2.67 bits per heavy atom. The number of nitrogens with one attached hydrogen (secondary N) is 2. The number of thioether (sulfide) groups is 1. The molecule has 0 saturated carbocycles. The molecule has 3 heteroatoms. The van der Waals surface area contributed by atoms with E-state index in [9.17, 15) is 0 Å². The molecular weight excluding hydrogens is 276 g/mol. The van der Waals surface area contributed by atoms with Crippen LogP contribution in [-0.4, -0.2) is 30.6 Å². The summed E-state index contributed by atoms with van der Waals surface area (Å²) in [5, 5.41) is 7.20. The quantitative estimate of drug-likeness (QED) is 0.885. The molecule has 21 heavy (non-hydrogen) atoms.